The number of nitrogens with zero attached hydrogens (tertiary/aromatic N) is 4. The zero-order valence-corrected chi connectivity index (χ0v) is 15.7. The first kappa shape index (κ1) is 17.2. The van der Waals surface area contributed by atoms with Crippen molar-refractivity contribution in [2.75, 3.05) is 24.8 Å². The molecule has 0 atom stereocenters. The molecule has 1 saturated carbocycles. The van der Waals surface area contributed by atoms with Crippen molar-refractivity contribution in [1.29, 1.82) is 0 Å². The fraction of sp³-hybridized carbons (Fsp3) is 0.300. The van der Waals surface area contributed by atoms with E-state index in [0.29, 0.717) is 11.9 Å². The number of methoxy groups -OCH3 is 1. The Morgan fingerprint density at radius 2 is 1.93 bits per heavy atom. The van der Waals surface area contributed by atoms with Crippen LogP contribution in [0, 0.1) is 6.92 Å². The lowest BCUT2D eigenvalue weighted by atomic mass is 10.1. The number of rotatable bonds is 6. The van der Waals surface area contributed by atoms with Gasteiger partial charge in [-0.15, -0.1) is 0 Å². The van der Waals surface area contributed by atoms with E-state index in [9.17, 15) is 0 Å². The molecule has 1 aromatic carbocycles. The second kappa shape index (κ2) is 7.19. The number of aryl methyl sites for hydroxylation is 1. The van der Waals surface area contributed by atoms with Crippen molar-refractivity contribution in [3.05, 3.63) is 48.0 Å². The number of nitrogens with one attached hydrogen (secondary N) is 2. The highest BCUT2D eigenvalue weighted by atomic mass is 16.5. The summed E-state index contributed by atoms with van der Waals surface area (Å²) in [6.07, 6.45) is 4.03. The van der Waals surface area contributed by atoms with E-state index in [1.165, 1.54) is 12.8 Å². The van der Waals surface area contributed by atoms with Gasteiger partial charge in [-0.3, -0.25) is 0 Å². The van der Waals surface area contributed by atoms with E-state index in [1.807, 2.05) is 38.2 Å². The van der Waals surface area contributed by atoms with Crippen molar-refractivity contribution < 1.29 is 4.74 Å². The maximum absolute atomic E-state index is 5.55. The summed E-state index contributed by atoms with van der Waals surface area (Å²) in [7, 11) is 3.50. The molecule has 7 nitrogen and oxygen atoms in total. The molecule has 0 amide bonds. The topological polar surface area (TPSA) is 84.9 Å². The molecule has 27 heavy (non-hydrogen) atoms. The Hall–Kier alpha value is -3.22. The van der Waals surface area contributed by atoms with Gasteiger partial charge in [0, 0.05) is 41.7 Å². The molecule has 0 aliphatic heterocycles. The van der Waals surface area contributed by atoms with Crippen LogP contribution in [-0.4, -0.2) is 34.1 Å². The van der Waals surface area contributed by atoms with Crippen LogP contribution < -0.4 is 15.4 Å². The van der Waals surface area contributed by atoms with Crippen molar-refractivity contribution in [1.82, 2.24) is 19.9 Å². The molecule has 0 unspecified atom stereocenters. The first-order valence-electron chi connectivity index (χ1n) is 8.97. The van der Waals surface area contributed by atoms with Crippen molar-refractivity contribution in [3.8, 4) is 17.0 Å². The van der Waals surface area contributed by atoms with Crippen LogP contribution in [0.25, 0.3) is 11.3 Å². The summed E-state index contributed by atoms with van der Waals surface area (Å²) in [5.74, 6) is 2.64. The van der Waals surface area contributed by atoms with E-state index in [-0.39, 0.29) is 0 Å². The number of aromatic nitrogens is 4. The summed E-state index contributed by atoms with van der Waals surface area (Å²) >= 11 is 0. The lowest BCUT2D eigenvalue weighted by Gasteiger charge is -2.12. The highest BCUT2D eigenvalue weighted by molar-refractivity contribution is 5.73. The highest BCUT2D eigenvalue weighted by Crippen LogP contribution is 2.40. The third-order valence-corrected chi connectivity index (χ3v) is 4.53. The Bertz CT molecular complexity index is 970. The average molecular weight is 362 g/mol. The van der Waals surface area contributed by atoms with Gasteiger partial charge in [-0.25, -0.2) is 15.0 Å². The minimum Gasteiger partial charge on any atom is -0.496 e. The summed E-state index contributed by atoms with van der Waals surface area (Å²) in [5.41, 5.74) is 4.61. The van der Waals surface area contributed by atoms with Crippen LogP contribution in [0.4, 0.5) is 17.5 Å². The zero-order valence-electron chi connectivity index (χ0n) is 15.7. The molecule has 2 aromatic heterocycles. The van der Waals surface area contributed by atoms with Gasteiger partial charge in [0.2, 0.25) is 5.95 Å². The Balaban J connectivity index is 1.69. The lowest BCUT2D eigenvalue weighted by Crippen LogP contribution is -2.02. The summed E-state index contributed by atoms with van der Waals surface area (Å²) in [4.78, 5) is 17.8. The van der Waals surface area contributed by atoms with Crippen LogP contribution >= 0.6 is 0 Å². The molecule has 2 heterocycles. The second-order valence-electron chi connectivity index (χ2n) is 6.61. The van der Waals surface area contributed by atoms with Crippen LogP contribution in [-0.2, 0) is 0 Å². The summed E-state index contributed by atoms with van der Waals surface area (Å²) in [6, 6.07) is 9.82. The van der Waals surface area contributed by atoms with Gasteiger partial charge in [0.05, 0.1) is 12.8 Å². The molecule has 2 N–H and O–H groups in total. The van der Waals surface area contributed by atoms with Gasteiger partial charge in [-0.1, -0.05) is 0 Å². The van der Waals surface area contributed by atoms with E-state index >= 15 is 0 Å². The molecule has 3 aromatic rings. The van der Waals surface area contributed by atoms with Gasteiger partial charge in [0.25, 0.3) is 0 Å². The fourth-order valence-electron chi connectivity index (χ4n) is 2.99. The SMILES string of the molecule is CNc1cc(C)nc(Nc2ccc(OC)c(-c3cc(C4CC4)ncn3)c2)n1. The van der Waals surface area contributed by atoms with E-state index in [0.717, 1.165) is 39.9 Å². The monoisotopic (exact) mass is 362 g/mol. The summed E-state index contributed by atoms with van der Waals surface area (Å²) < 4.78 is 5.55. The molecular weight excluding hydrogens is 340 g/mol. The van der Waals surface area contributed by atoms with Crippen molar-refractivity contribution in [3.63, 3.8) is 0 Å². The predicted octanol–water partition coefficient (Wildman–Crippen LogP) is 3.91. The van der Waals surface area contributed by atoms with Crippen molar-refractivity contribution in [2.45, 2.75) is 25.7 Å². The molecular formula is C20H22N6O. The van der Waals surface area contributed by atoms with Gasteiger partial charge >= 0.3 is 0 Å². The molecule has 1 fully saturated rings. The molecule has 0 radical (unpaired) electrons. The summed E-state index contributed by atoms with van der Waals surface area (Å²) in [6.45, 7) is 1.94. The number of ether oxygens (including phenoxy) is 1. The molecule has 138 valence electrons. The van der Waals surface area contributed by atoms with Crippen LogP contribution in [0.15, 0.2) is 36.7 Å². The van der Waals surface area contributed by atoms with Crippen LogP contribution in [0.2, 0.25) is 0 Å². The van der Waals surface area contributed by atoms with E-state index in [1.54, 1.807) is 13.4 Å². The maximum Gasteiger partial charge on any atom is 0.229 e. The molecule has 1 aliphatic rings. The molecule has 4 rings (SSSR count). The second-order valence-corrected chi connectivity index (χ2v) is 6.61. The minimum absolute atomic E-state index is 0.539. The Kier molecular flexibility index (Phi) is 4.58. The first-order valence-corrected chi connectivity index (χ1v) is 8.97. The molecule has 1 aliphatic carbocycles. The normalized spacial score (nSPS) is 13.3. The van der Waals surface area contributed by atoms with E-state index in [2.05, 4.69) is 36.6 Å². The Morgan fingerprint density at radius 3 is 2.67 bits per heavy atom. The quantitative estimate of drug-likeness (QED) is 0.687. The standard InChI is InChI=1S/C20H22N6O/c1-12-8-19(21-2)26-20(24-12)25-14-6-7-18(27-3)15(9-14)17-10-16(13-4-5-13)22-11-23-17/h6-11,13H,4-5H2,1-3H3,(H2,21,24,25,26). The lowest BCUT2D eigenvalue weighted by molar-refractivity contribution is 0.416. The van der Waals surface area contributed by atoms with Crippen LogP contribution in [0.5, 0.6) is 5.75 Å². The smallest absolute Gasteiger partial charge is 0.229 e. The molecule has 0 bridgehead atoms. The van der Waals surface area contributed by atoms with Gasteiger partial charge in [0.15, 0.2) is 0 Å². The third kappa shape index (κ3) is 3.81. The average Bonchev–Trinajstić information content (AvgIpc) is 3.53. The molecule has 0 spiro atoms. The largest absolute Gasteiger partial charge is 0.496 e. The van der Waals surface area contributed by atoms with Gasteiger partial charge in [-0.2, -0.15) is 4.98 Å². The highest BCUT2D eigenvalue weighted by Gasteiger charge is 2.25. The number of anilines is 3. The van der Waals surface area contributed by atoms with Gasteiger partial charge in [0.1, 0.15) is 17.9 Å². The number of hydrogen-bond donors (Lipinski definition) is 2. The van der Waals surface area contributed by atoms with E-state index in [4.69, 9.17) is 4.74 Å². The van der Waals surface area contributed by atoms with Crippen molar-refractivity contribution in [2.24, 2.45) is 0 Å². The van der Waals surface area contributed by atoms with E-state index < -0.39 is 0 Å². The van der Waals surface area contributed by atoms with Gasteiger partial charge < -0.3 is 15.4 Å². The van der Waals surface area contributed by atoms with Gasteiger partial charge in [-0.05, 0) is 44.0 Å². The number of hydrogen-bond acceptors (Lipinski definition) is 7. The maximum atomic E-state index is 5.55. The molecule has 7 heteroatoms. The van der Waals surface area contributed by atoms with Crippen LogP contribution in [0.3, 0.4) is 0 Å². The fourth-order valence-corrected chi connectivity index (χ4v) is 2.99. The summed E-state index contributed by atoms with van der Waals surface area (Å²) in [5, 5.41) is 6.31. The minimum atomic E-state index is 0.539. The number of benzene rings is 1. The van der Waals surface area contributed by atoms with Crippen LogP contribution in [0.1, 0.15) is 30.1 Å². The first-order chi connectivity index (χ1) is 13.2. The Morgan fingerprint density at radius 1 is 1.07 bits per heavy atom. The third-order valence-electron chi connectivity index (χ3n) is 4.53. The molecule has 0 saturated heterocycles. The zero-order chi connectivity index (χ0) is 18.8. The Labute approximate surface area is 158 Å². The predicted molar refractivity (Wildman–Crippen MR) is 106 cm³/mol. The van der Waals surface area contributed by atoms with Crippen molar-refractivity contribution >= 4 is 17.5 Å².